The van der Waals surface area contributed by atoms with Crippen LogP contribution < -0.4 is 5.32 Å². The molecule has 3 N–H and O–H groups in total. The highest BCUT2D eigenvalue weighted by atomic mass is 16.5. The molecule has 0 spiro atoms. The molecule has 1 amide bonds. The maximum atomic E-state index is 11.5. The number of carboxylic acids is 1. The van der Waals surface area contributed by atoms with E-state index in [2.05, 4.69) is 17.2 Å². The van der Waals surface area contributed by atoms with Crippen molar-refractivity contribution >= 4 is 12.1 Å². The van der Waals surface area contributed by atoms with E-state index in [4.69, 9.17) is 9.84 Å². The van der Waals surface area contributed by atoms with Gasteiger partial charge in [0, 0.05) is 5.56 Å². The van der Waals surface area contributed by atoms with E-state index in [-0.39, 0.29) is 24.5 Å². The molecule has 0 saturated heterocycles. The second-order valence-corrected chi connectivity index (χ2v) is 4.75. The number of amides is 1. The van der Waals surface area contributed by atoms with Crippen LogP contribution >= 0.6 is 0 Å². The van der Waals surface area contributed by atoms with Gasteiger partial charge in [-0.15, -0.1) is 0 Å². The molecule has 0 unspecified atom stereocenters. The summed E-state index contributed by atoms with van der Waals surface area (Å²) in [5.74, 6) is 3.82. The molecule has 0 fully saturated rings. The monoisotopic (exact) mass is 325 g/mol. The quantitative estimate of drug-likeness (QED) is 0.750. The Balaban J connectivity index is 1.80. The number of aromatic hydroxyl groups is 1. The van der Waals surface area contributed by atoms with Gasteiger partial charge < -0.3 is 20.3 Å². The Bertz CT molecular complexity index is 790. The summed E-state index contributed by atoms with van der Waals surface area (Å²) in [6.45, 7) is 0.236. The summed E-state index contributed by atoms with van der Waals surface area (Å²) in [5.41, 5.74) is 1.13. The fraction of sp³-hybridized carbons (Fsp3) is 0.111. The molecule has 24 heavy (non-hydrogen) atoms. The molecule has 2 aromatic carbocycles. The first-order chi connectivity index (χ1) is 11.6. The smallest absolute Gasteiger partial charge is 0.408 e. The average Bonchev–Trinajstić information content (AvgIpc) is 2.57. The highest BCUT2D eigenvalue weighted by Crippen LogP contribution is 2.18. The Kier molecular flexibility index (Phi) is 5.81. The molecule has 122 valence electrons. The first-order valence-corrected chi connectivity index (χ1v) is 7.06. The topological polar surface area (TPSA) is 95.9 Å². The lowest BCUT2D eigenvalue weighted by atomic mass is 10.1. The van der Waals surface area contributed by atoms with E-state index in [0.717, 1.165) is 5.56 Å². The first kappa shape index (κ1) is 16.9. The van der Waals surface area contributed by atoms with Gasteiger partial charge in [0.1, 0.15) is 17.9 Å². The van der Waals surface area contributed by atoms with Crippen molar-refractivity contribution in [1.82, 2.24) is 5.32 Å². The minimum absolute atomic E-state index is 0.0646. The predicted octanol–water partition coefficient (Wildman–Crippen LogP) is 2.37. The summed E-state index contributed by atoms with van der Waals surface area (Å²) in [6.07, 6.45) is -0.586. The first-order valence-electron chi connectivity index (χ1n) is 7.06. The molecule has 0 saturated carbocycles. The van der Waals surface area contributed by atoms with E-state index in [0.29, 0.717) is 5.56 Å². The van der Waals surface area contributed by atoms with Crippen LogP contribution in [-0.4, -0.2) is 28.8 Å². The van der Waals surface area contributed by atoms with Crippen molar-refractivity contribution in [2.24, 2.45) is 0 Å². The molecule has 0 aliphatic carbocycles. The lowest BCUT2D eigenvalue weighted by Crippen LogP contribution is -2.24. The Morgan fingerprint density at radius 2 is 1.88 bits per heavy atom. The van der Waals surface area contributed by atoms with Crippen LogP contribution in [0, 0.1) is 11.8 Å². The number of alkyl carbamates (subject to hydrolysis) is 1. The van der Waals surface area contributed by atoms with Gasteiger partial charge >= 0.3 is 12.1 Å². The summed E-state index contributed by atoms with van der Waals surface area (Å²) < 4.78 is 5.02. The van der Waals surface area contributed by atoms with Crippen molar-refractivity contribution in [2.75, 3.05) is 6.54 Å². The van der Waals surface area contributed by atoms with Crippen LogP contribution in [0.15, 0.2) is 48.5 Å². The molecule has 0 aromatic heterocycles. The molecule has 0 radical (unpaired) electrons. The predicted molar refractivity (Wildman–Crippen MR) is 86.6 cm³/mol. The number of hydrogen-bond donors (Lipinski definition) is 3. The minimum Gasteiger partial charge on any atom is -0.507 e. The largest absolute Gasteiger partial charge is 0.507 e. The second kappa shape index (κ2) is 8.25. The molecule has 0 aliphatic rings. The average molecular weight is 325 g/mol. The van der Waals surface area contributed by atoms with Crippen LogP contribution in [0.1, 0.15) is 21.5 Å². The molecule has 2 aromatic rings. The van der Waals surface area contributed by atoms with Gasteiger partial charge in [-0.05, 0) is 23.8 Å². The number of ether oxygens (including phenoxy) is 1. The molecule has 0 bridgehead atoms. The number of carbonyl (C=O) groups is 2. The number of carbonyl (C=O) groups excluding carboxylic acids is 1. The maximum absolute atomic E-state index is 11.5. The summed E-state index contributed by atoms with van der Waals surface area (Å²) in [5, 5.41) is 20.8. The van der Waals surface area contributed by atoms with Gasteiger partial charge in [0.25, 0.3) is 0 Å². The van der Waals surface area contributed by atoms with Crippen LogP contribution in [0.5, 0.6) is 5.75 Å². The lowest BCUT2D eigenvalue weighted by Gasteiger charge is -2.04. The van der Waals surface area contributed by atoms with Gasteiger partial charge in [-0.25, -0.2) is 9.59 Å². The zero-order valence-electron chi connectivity index (χ0n) is 12.7. The van der Waals surface area contributed by atoms with Crippen LogP contribution in [0.3, 0.4) is 0 Å². The lowest BCUT2D eigenvalue weighted by molar-refractivity contribution is 0.0693. The number of phenols is 1. The highest BCUT2D eigenvalue weighted by molar-refractivity contribution is 5.90. The third kappa shape index (κ3) is 5.07. The molecule has 0 aliphatic heterocycles. The molecular weight excluding hydrogens is 310 g/mol. The second-order valence-electron chi connectivity index (χ2n) is 4.75. The minimum atomic E-state index is -1.21. The van der Waals surface area contributed by atoms with E-state index < -0.39 is 12.1 Å². The molecule has 6 heteroatoms. The van der Waals surface area contributed by atoms with E-state index in [9.17, 15) is 14.7 Å². The van der Waals surface area contributed by atoms with E-state index in [1.165, 1.54) is 18.2 Å². The van der Waals surface area contributed by atoms with Crippen molar-refractivity contribution in [2.45, 2.75) is 6.61 Å². The van der Waals surface area contributed by atoms with E-state index in [1.807, 2.05) is 30.3 Å². The van der Waals surface area contributed by atoms with Crippen LogP contribution in [0.4, 0.5) is 4.79 Å². The zero-order valence-corrected chi connectivity index (χ0v) is 12.7. The van der Waals surface area contributed by atoms with E-state index in [1.54, 1.807) is 0 Å². The third-order valence-electron chi connectivity index (χ3n) is 2.99. The number of rotatable bonds is 4. The molecule has 0 atom stereocenters. The number of hydrogen-bond acceptors (Lipinski definition) is 4. The fourth-order valence-corrected chi connectivity index (χ4v) is 1.83. The maximum Gasteiger partial charge on any atom is 0.408 e. The van der Waals surface area contributed by atoms with Crippen molar-refractivity contribution in [3.63, 3.8) is 0 Å². The summed E-state index contributed by atoms with van der Waals surface area (Å²) in [7, 11) is 0. The zero-order chi connectivity index (χ0) is 17.4. The van der Waals surface area contributed by atoms with Gasteiger partial charge in [-0.1, -0.05) is 42.2 Å². The van der Waals surface area contributed by atoms with Gasteiger partial charge in [-0.3, -0.25) is 0 Å². The Hall–Kier alpha value is -3.46. The number of nitrogens with one attached hydrogen (secondary N) is 1. The summed E-state index contributed by atoms with van der Waals surface area (Å²) in [6, 6.07) is 13.3. The Labute approximate surface area is 138 Å². The normalized spacial score (nSPS) is 9.50. The van der Waals surface area contributed by atoms with Gasteiger partial charge in [0.15, 0.2) is 0 Å². The Morgan fingerprint density at radius 1 is 1.12 bits per heavy atom. The number of benzene rings is 2. The Morgan fingerprint density at radius 3 is 2.54 bits per heavy atom. The van der Waals surface area contributed by atoms with Crippen molar-refractivity contribution in [1.29, 1.82) is 0 Å². The van der Waals surface area contributed by atoms with Crippen molar-refractivity contribution in [3.8, 4) is 17.6 Å². The summed E-state index contributed by atoms with van der Waals surface area (Å²) >= 11 is 0. The van der Waals surface area contributed by atoms with Crippen LogP contribution in [-0.2, 0) is 11.3 Å². The van der Waals surface area contributed by atoms with Crippen LogP contribution in [0.25, 0.3) is 0 Å². The summed E-state index contributed by atoms with van der Waals surface area (Å²) in [4.78, 5) is 22.3. The fourth-order valence-electron chi connectivity index (χ4n) is 1.83. The van der Waals surface area contributed by atoms with Gasteiger partial charge in [-0.2, -0.15) is 0 Å². The van der Waals surface area contributed by atoms with Crippen LogP contribution in [0.2, 0.25) is 0 Å². The van der Waals surface area contributed by atoms with E-state index >= 15 is 0 Å². The number of carboxylic acid groups (broad SMARTS) is 1. The molecule has 6 nitrogen and oxygen atoms in total. The molecular formula is C18H15NO5. The highest BCUT2D eigenvalue weighted by Gasteiger charge is 2.08. The number of aromatic carboxylic acids is 1. The third-order valence-corrected chi connectivity index (χ3v) is 2.99. The van der Waals surface area contributed by atoms with Crippen molar-refractivity contribution in [3.05, 3.63) is 65.2 Å². The molecule has 0 heterocycles. The van der Waals surface area contributed by atoms with Gasteiger partial charge in [0.2, 0.25) is 0 Å². The molecule has 2 rings (SSSR count). The van der Waals surface area contributed by atoms with Gasteiger partial charge in [0.05, 0.1) is 6.54 Å². The standard InChI is InChI=1S/C18H15NO5/c20-16-11-13(8-9-15(16)17(21)22)7-4-10-19-18(23)24-12-14-5-2-1-3-6-14/h1-3,5-6,8-9,11,20H,10,12H2,(H,19,23)(H,21,22). The van der Waals surface area contributed by atoms with Crippen molar-refractivity contribution < 1.29 is 24.5 Å². The SMILES string of the molecule is O=C(NCC#Cc1ccc(C(=O)O)c(O)c1)OCc1ccccc1.